The summed E-state index contributed by atoms with van der Waals surface area (Å²) in [5, 5.41) is 1.68. The number of hydrogen-bond acceptors (Lipinski definition) is 3. The predicted octanol–water partition coefficient (Wildman–Crippen LogP) is 6.13. The summed E-state index contributed by atoms with van der Waals surface area (Å²) in [6.07, 6.45) is 0. The molecule has 0 unspecified atom stereocenters. The van der Waals surface area contributed by atoms with Crippen molar-refractivity contribution in [1.29, 1.82) is 0 Å². The van der Waals surface area contributed by atoms with E-state index in [-0.39, 0.29) is 5.56 Å². The first kappa shape index (κ1) is 20.1. The average molecular weight is 442 g/mol. The lowest BCUT2D eigenvalue weighted by atomic mass is 10.1. The van der Waals surface area contributed by atoms with E-state index in [1.165, 1.54) is 0 Å². The number of benzene rings is 3. The quantitative estimate of drug-likeness (QED) is 0.345. The lowest BCUT2D eigenvalue weighted by Gasteiger charge is -2.09. The summed E-state index contributed by atoms with van der Waals surface area (Å²) >= 11 is 6.00. The Morgan fingerprint density at radius 2 is 1.62 bits per heavy atom. The van der Waals surface area contributed by atoms with E-state index in [1.807, 2.05) is 79.7 Å². The summed E-state index contributed by atoms with van der Waals surface area (Å²) in [4.78, 5) is 22.9. The molecule has 5 aromatic rings. The number of nitrogens with zero attached hydrogens (tertiary/aromatic N) is 1. The van der Waals surface area contributed by atoms with Crippen LogP contribution < -0.4 is 10.3 Å². The summed E-state index contributed by atoms with van der Waals surface area (Å²) < 4.78 is 5.96. The van der Waals surface area contributed by atoms with Crippen LogP contribution in [0.15, 0.2) is 83.7 Å². The molecule has 3 aromatic carbocycles. The molecule has 0 aliphatic heterocycles. The van der Waals surface area contributed by atoms with Crippen LogP contribution in [0.1, 0.15) is 11.3 Å². The fourth-order valence-electron chi connectivity index (χ4n) is 3.76. The molecule has 2 heterocycles. The van der Waals surface area contributed by atoms with Gasteiger partial charge in [-0.2, -0.15) is 0 Å². The van der Waals surface area contributed by atoms with Gasteiger partial charge in [-0.3, -0.25) is 4.79 Å². The maximum Gasteiger partial charge on any atom is 0.248 e. The van der Waals surface area contributed by atoms with Crippen molar-refractivity contribution in [2.24, 2.45) is 0 Å². The normalized spacial score (nSPS) is 11.1. The lowest BCUT2D eigenvalue weighted by Crippen LogP contribution is -2.08. The Morgan fingerprint density at radius 1 is 0.906 bits per heavy atom. The lowest BCUT2D eigenvalue weighted by molar-refractivity contribution is 0.307. The molecule has 2 aromatic heterocycles. The molecular weight excluding hydrogens is 422 g/mol. The van der Waals surface area contributed by atoms with Gasteiger partial charge in [-0.1, -0.05) is 41.9 Å². The number of H-pyrrole nitrogens is 2. The van der Waals surface area contributed by atoms with E-state index in [2.05, 4.69) is 15.0 Å². The molecule has 158 valence electrons. The van der Waals surface area contributed by atoms with Gasteiger partial charge >= 0.3 is 0 Å². The van der Waals surface area contributed by atoms with Gasteiger partial charge in [0, 0.05) is 33.1 Å². The van der Waals surface area contributed by atoms with Gasteiger partial charge in [0.1, 0.15) is 18.2 Å². The van der Waals surface area contributed by atoms with Crippen LogP contribution >= 0.6 is 11.6 Å². The maximum atomic E-state index is 11.9. The second kappa shape index (κ2) is 8.36. The van der Waals surface area contributed by atoms with Crippen molar-refractivity contribution in [2.45, 2.75) is 13.5 Å². The van der Waals surface area contributed by atoms with Crippen LogP contribution in [-0.2, 0) is 6.61 Å². The fraction of sp³-hybridized carbons (Fsp3) is 0.0769. The molecule has 6 heteroatoms. The Labute approximate surface area is 189 Å². The van der Waals surface area contributed by atoms with E-state index >= 15 is 0 Å². The zero-order valence-corrected chi connectivity index (χ0v) is 18.1. The zero-order chi connectivity index (χ0) is 22.1. The number of aryl methyl sites for hydroxylation is 1. The molecule has 0 radical (unpaired) electrons. The zero-order valence-electron chi connectivity index (χ0n) is 17.4. The van der Waals surface area contributed by atoms with Gasteiger partial charge in [0.15, 0.2) is 0 Å². The molecule has 0 spiro atoms. The number of aromatic nitrogens is 3. The maximum absolute atomic E-state index is 11.9. The van der Waals surface area contributed by atoms with Crippen LogP contribution in [0.5, 0.6) is 5.75 Å². The summed E-state index contributed by atoms with van der Waals surface area (Å²) in [5.74, 6) is 1.51. The minimum atomic E-state index is -0.137. The molecule has 0 aliphatic rings. The van der Waals surface area contributed by atoms with Gasteiger partial charge in [0.25, 0.3) is 0 Å². The molecule has 0 aliphatic carbocycles. The second-order valence-corrected chi connectivity index (χ2v) is 8.01. The smallest absolute Gasteiger partial charge is 0.248 e. The topological polar surface area (TPSA) is 70.8 Å². The van der Waals surface area contributed by atoms with Crippen molar-refractivity contribution in [3.05, 3.63) is 105 Å². The van der Waals surface area contributed by atoms with Crippen LogP contribution in [0.4, 0.5) is 0 Å². The van der Waals surface area contributed by atoms with Crippen molar-refractivity contribution < 1.29 is 4.74 Å². The summed E-state index contributed by atoms with van der Waals surface area (Å²) in [5.41, 5.74) is 5.41. The number of nitrogens with one attached hydrogen (secondary N) is 2. The molecule has 32 heavy (non-hydrogen) atoms. The largest absolute Gasteiger partial charge is 0.489 e. The standard InChI is InChI=1S/C26H20ClN3O2/c1-16-25(17-6-10-20(27)11-7-17)30-26(28-16)18-8-12-21(13-9-18)32-15-19-14-24(31)29-23-5-3-2-4-22(19)23/h2-14H,15H2,1H3,(H,28,30)(H,29,31). The van der Waals surface area contributed by atoms with Crippen molar-refractivity contribution in [1.82, 2.24) is 15.0 Å². The molecule has 0 saturated carbocycles. The van der Waals surface area contributed by atoms with Crippen LogP contribution in [0.3, 0.4) is 0 Å². The van der Waals surface area contributed by atoms with Crippen LogP contribution in [0, 0.1) is 6.92 Å². The summed E-state index contributed by atoms with van der Waals surface area (Å²) in [6, 6.07) is 24.7. The number of ether oxygens (including phenoxy) is 1. The highest BCUT2D eigenvalue weighted by molar-refractivity contribution is 6.30. The number of imidazole rings is 1. The van der Waals surface area contributed by atoms with Crippen LogP contribution in [-0.4, -0.2) is 15.0 Å². The first-order chi connectivity index (χ1) is 15.6. The third-order valence-corrected chi connectivity index (χ3v) is 5.63. The van der Waals surface area contributed by atoms with Crippen LogP contribution in [0.25, 0.3) is 33.5 Å². The minimum absolute atomic E-state index is 0.137. The highest BCUT2D eigenvalue weighted by atomic mass is 35.5. The average Bonchev–Trinajstić information content (AvgIpc) is 3.19. The minimum Gasteiger partial charge on any atom is -0.489 e. The Morgan fingerprint density at radius 3 is 2.41 bits per heavy atom. The number of halogens is 1. The summed E-state index contributed by atoms with van der Waals surface area (Å²) in [6.45, 7) is 2.29. The first-order valence-corrected chi connectivity index (χ1v) is 10.6. The van der Waals surface area contributed by atoms with Crippen molar-refractivity contribution >= 4 is 22.5 Å². The van der Waals surface area contributed by atoms with E-state index in [0.717, 1.165) is 50.6 Å². The number of rotatable bonds is 5. The fourth-order valence-corrected chi connectivity index (χ4v) is 3.89. The molecule has 0 amide bonds. The molecule has 5 nitrogen and oxygen atoms in total. The number of hydrogen-bond donors (Lipinski definition) is 2. The highest BCUT2D eigenvalue weighted by Gasteiger charge is 2.11. The van der Waals surface area contributed by atoms with E-state index in [4.69, 9.17) is 16.3 Å². The number of fused-ring (bicyclic) bond motifs is 1. The van der Waals surface area contributed by atoms with E-state index in [9.17, 15) is 4.79 Å². The van der Waals surface area contributed by atoms with Gasteiger partial charge in [-0.05, 0) is 55.0 Å². The Bertz CT molecular complexity index is 1450. The SMILES string of the molecule is Cc1nc(-c2ccc(OCc3cc(=O)[nH]c4ccccc34)cc2)[nH]c1-c1ccc(Cl)cc1. The second-order valence-electron chi connectivity index (χ2n) is 7.57. The monoisotopic (exact) mass is 441 g/mol. The van der Waals surface area contributed by atoms with Gasteiger partial charge in [0.2, 0.25) is 5.56 Å². The Balaban J connectivity index is 1.35. The van der Waals surface area contributed by atoms with Gasteiger partial charge in [-0.25, -0.2) is 4.98 Å². The van der Waals surface area contributed by atoms with Crippen molar-refractivity contribution in [3.63, 3.8) is 0 Å². The van der Waals surface area contributed by atoms with E-state index < -0.39 is 0 Å². The number of aromatic amines is 2. The molecule has 0 atom stereocenters. The summed E-state index contributed by atoms with van der Waals surface area (Å²) in [7, 11) is 0. The van der Waals surface area contributed by atoms with Crippen LogP contribution in [0.2, 0.25) is 5.02 Å². The van der Waals surface area contributed by atoms with Crippen molar-refractivity contribution in [2.75, 3.05) is 0 Å². The number of para-hydroxylation sites is 1. The van der Waals surface area contributed by atoms with Gasteiger partial charge in [-0.15, -0.1) is 0 Å². The molecule has 0 saturated heterocycles. The predicted molar refractivity (Wildman–Crippen MR) is 128 cm³/mol. The number of pyridine rings is 1. The Kier molecular flexibility index (Phi) is 5.25. The highest BCUT2D eigenvalue weighted by Crippen LogP contribution is 2.28. The Hall–Kier alpha value is -3.83. The van der Waals surface area contributed by atoms with E-state index in [0.29, 0.717) is 11.6 Å². The molecule has 2 N–H and O–H groups in total. The molecule has 0 bridgehead atoms. The molecular formula is C26H20ClN3O2. The molecule has 5 rings (SSSR count). The van der Waals surface area contributed by atoms with E-state index in [1.54, 1.807) is 6.07 Å². The van der Waals surface area contributed by atoms with Gasteiger partial charge in [0.05, 0.1) is 11.4 Å². The molecule has 0 fully saturated rings. The first-order valence-electron chi connectivity index (χ1n) is 10.2. The van der Waals surface area contributed by atoms with Gasteiger partial charge < -0.3 is 14.7 Å². The van der Waals surface area contributed by atoms with Crippen molar-refractivity contribution in [3.8, 4) is 28.4 Å². The third-order valence-electron chi connectivity index (χ3n) is 5.38. The third kappa shape index (κ3) is 4.03.